The standard InChI is InChI=1S/C28H26FN5O2/c29-27-12-19(4-5-21(27)14-30)16-34-18-31-15-23(34)8-10-32-22-9-11-33(17-22)28(36)25-3-1-2-20-6-7-24(35)13-26(20)25/h1-7,12-13,15,18,22,32,35H,8-11,16-17H2. The van der Waals surface area contributed by atoms with Gasteiger partial charge in [0.05, 0.1) is 11.9 Å². The number of rotatable bonds is 7. The van der Waals surface area contributed by atoms with Gasteiger partial charge in [0.25, 0.3) is 5.91 Å². The normalized spacial score (nSPS) is 15.3. The summed E-state index contributed by atoms with van der Waals surface area (Å²) in [5.41, 5.74) is 2.43. The molecular formula is C28H26FN5O2. The number of benzene rings is 3. The highest BCUT2D eigenvalue weighted by Crippen LogP contribution is 2.25. The van der Waals surface area contributed by atoms with E-state index in [1.54, 1.807) is 24.5 Å². The number of phenolic OH excluding ortho intramolecular Hbond substituents is 1. The predicted molar refractivity (Wildman–Crippen MR) is 134 cm³/mol. The van der Waals surface area contributed by atoms with E-state index in [1.165, 1.54) is 12.1 Å². The lowest BCUT2D eigenvalue weighted by Gasteiger charge is -2.18. The fraction of sp³-hybridized carbons (Fsp3) is 0.250. The molecule has 4 aromatic rings. The molecule has 1 aliphatic rings. The van der Waals surface area contributed by atoms with Crippen molar-refractivity contribution in [2.24, 2.45) is 0 Å². The van der Waals surface area contributed by atoms with E-state index < -0.39 is 5.82 Å². The first-order valence-corrected chi connectivity index (χ1v) is 11.9. The van der Waals surface area contributed by atoms with Crippen LogP contribution in [0.5, 0.6) is 5.75 Å². The SMILES string of the molecule is N#Cc1ccc(Cn2cncc2CCNC2CCN(C(=O)c3cccc4ccc(O)cc34)C2)cc1F. The van der Waals surface area contributed by atoms with E-state index in [1.807, 2.05) is 46.0 Å². The van der Waals surface area contributed by atoms with E-state index >= 15 is 0 Å². The topological polar surface area (TPSA) is 94.2 Å². The third-order valence-corrected chi connectivity index (χ3v) is 6.69. The molecule has 1 saturated heterocycles. The summed E-state index contributed by atoms with van der Waals surface area (Å²) in [5, 5.41) is 24.0. The van der Waals surface area contributed by atoms with Crippen LogP contribution in [0.2, 0.25) is 0 Å². The lowest BCUT2D eigenvalue weighted by atomic mass is 10.0. The fourth-order valence-corrected chi connectivity index (χ4v) is 4.78. The van der Waals surface area contributed by atoms with E-state index in [0.717, 1.165) is 41.4 Å². The summed E-state index contributed by atoms with van der Waals surface area (Å²) in [5.74, 6) is -0.394. The Morgan fingerprint density at radius 2 is 2.11 bits per heavy atom. The Morgan fingerprint density at radius 1 is 1.22 bits per heavy atom. The fourth-order valence-electron chi connectivity index (χ4n) is 4.78. The van der Waals surface area contributed by atoms with Crippen molar-refractivity contribution in [2.75, 3.05) is 19.6 Å². The predicted octanol–water partition coefficient (Wildman–Crippen LogP) is 3.85. The number of carbonyl (C=O) groups excluding carboxylic acids is 1. The number of hydrogen-bond acceptors (Lipinski definition) is 5. The molecular weight excluding hydrogens is 457 g/mol. The molecule has 8 heteroatoms. The summed E-state index contributed by atoms with van der Waals surface area (Å²) in [6.07, 6.45) is 5.14. The summed E-state index contributed by atoms with van der Waals surface area (Å²) in [4.78, 5) is 19.3. The molecule has 1 unspecified atom stereocenters. The summed E-state index contributed by atoms with van der Waals surface area (Å²) in [6, 6.07) is 17.4. The smallest absolute Gasteiger partial charge is 0.254 e. The van der Waals surface area contributed by atoms with E-state index in [2.05, 4.69) is 10.3 Å². The molecule has 0 bridgehead atoms. The van der Waals surface area contributed by atoms with Gasteiger partial charge in [-0.3, -0.25) is 4.79 Å². The summed E-state index contributed by atoms with van der Waals surface area (Å²) in [6.45, 7) is 2.50. The van der Waals surface area contributed by atoms with Crippen molar-refractivity contribution in [3.8, 4) is 11.8 Å². The number of imidazole rings is 1. The highest BCUT2D eigenvalue weighted by Gasteiger charge is 2.27. The Bertz CT molecular complexity index is 1460. The Morgan fingerprint density at radius 3 is 2.94 bits per heavy atom. The van der Waals surface area contributed by atoms with Gasteiger partial charge in [0.2, 0.25) is 0 Å². The number of fused-ring (bicyclic) bond motifs is 1. The number of aromatic nitrogens is 2. The number of carbonyl (C=O) groups is 1. The Kier molecular flexibility index (Phi) is 6.65. The summed E-state index contributed by atoms with van der Waals surface area (Å²) >= 11 is 0. The summed E-state index contributed by atoms with van der Waals surface area (Å²) in [7, 11) is 0. The van der Waals surface area contributed by atoms with Crippen LogP contribution >= 0.6 is 0 Å². The van der Waals surface area contributed by atoms with Gasteiger partial charge in [0.15, 0.2) is 0 Å². The van der Waals surface area contributed by atoms with Crippen LogP contribution in [0.15, 0.2) is 67.1 Å². The molecule has 1 aliphatic heterocycles. The Hall–Kier alpha value is -4.22. The minimum absolute atomic E-state index is 0.0248. The number of likely N-dealkylation sites (tertiary alicyclic amines) is 1. The lowest BCUT2D eigenvalue weighted by molar-refractivity contribution is 0.0791. The van der Waals surface area contributed by atoms with Crippen molar-refractivity contribution in [1.82, 2.24) is 19.8 Å². The zero-order valence-corrected chi connectivity index (χ0v) is 19.7. The number of halogens is 1. The quantitative estimate of drug-likeness (QED) is 0.417. The van der Waals surface area contributed by atoms with Crippen molar-refractivity contribution in [1.29, 1.82) is 5.26 Å². The highest BCUT2D eigenvalue weighted by atomic mass is 19.1. The third-order valence-electron chi connectivity index (χ3n) is 6.69. The molecule has 5 rings (SSSR count). The van der Waals surface area contributed by atoms with Crippen LogP contribution in [0.3, 0.4) is 0 Å². The zero-order valence-electron chi connectivity index (χ0n) is 19.7. The van der Waals surface area contributed by atoms with Gasteiger partial charge in [-0.05, 0) is 53.1 Å². The second kappa shape index (κ2) is 10.2. The van der Waals surface area contributed by atoms with Crippen LogP contribution < -0.4 is 5.32 Å². The first kappa shape index (κ1) is 23.5. The lowest BCUT2D eigenvalue weighted by Crippen LogP contribution is -2.36. The van der Waals surface area contributed by atoms with Crippen LogP contribution in [-0.2, 0) is 13.0 Å². The van der Waals surface area contributed by atoms with Crippen LogP contribution in [0.4, 0.5) is 4.39 Å². The van der Waals surface area contributed by atoms with E-state index in [9.17, 15) is 14.3 Å². The molecule has 2 N–H and O–H groups in total. The van der Waals surface area contributed by atoms with Crippen LogP contribution in [0.25, 0.3) is 10.8 Å². The van der Waals surface area contributed by atoms with Gasteiger partial charge in [-0.15, -0.1) is 0 Å². The molecule has 3 aromatic carbocycles. The van der Waals surface area contributed by atoms with E-state index in [-0.39, 0.29) is 23.3 Å². The number of amides is 1. The van der Waals surface area contributed by atoms with Gasteiger partial charge < -0.3 is 19.9 Å². The second-order valence-electron chi connectivity index (χ2n) is 9.09. The molecule has 0 radical (unpaired) electrons. The maximum absolute atomic E-state index is 13.9. The van der Waals surface area contributed by atoms with Crippen molar-refractivity contribution in [3.63, 3.8) is 0 Å². The molecule has 182 valence electrons. The number of nitrogens with one attached hydrogen (secondary N) is 1. The molecule has 2 heterocycles. The molecule has 7 nitrogen and oxygen atoms in total. The molecule has 36 heavy (non-hydrogen) atoms. The third kappa shape index (κ3) is 4.92. The van der Waals surface area contributed by atoms with Crippen molar-refractivity contribution in [3.05, 3.63) is 95.3 Å². The van der Waals surface area contributed by atoms with E-state index in [4.69, 9.17) is 5.26 Å². The highest BCUT2D eigenvalue weighted by molar-refractivity contribution is 6.07. The molecule has 1 fully saturated rings. The molecule has 1 amide bonds. The summed E-state index contributed by atoms with van der Waals surface area (Å²) < 4.78 is 15.9. The minimum atomic E-state index is -0.515. The van der Waals surface area contributed by atoms with Gasteiger partial charge in [-0.1, -0.05) is 24.3 Å². The number of nitrogens with zero attached hydrogens (tertiary/aromatic N) is 4. The molecule has 0 spiro atoms. The first-order valence-electron chi connectivity index (χ1n) is 11.9. The largest absolute Gasteiger partial charge is 0.508 e. The molecule has 1 atom stereocenters. The number of aromatic hydroxyl groups is 1. The number of phenols is 1. The van der Waals surface area contributed by atoms with Crippen molar-refractivity contribution >= 4 is 16.7 Å². The maximum atomic E-state index is 13.9. The average Bonchev–Trinajstić information content (AvgIpc) is 3.53. The molecule has 1 aromatic heterocycles. The zero-order chi connectivity index (χ0) is 25.1. The van der Waals surface area contributed by atoms with Crippen LogP contribution in [-0.4, -0.2) is 51.1 Å². The first-order chi connectivity index (χ1) is 17.5. The van der Waals surface area contributed by atoms with E-state index in [0.29, 0.717) is 25.2 Å². The van der Waals surface area contributed by atoms with Crippen molar-refractivity contribution < 1.29 is 14.3 Å². The maximum Gasteiger partial charge on any atom is 0.254 e. The van der Waals surface area contributed by atoms with Gasteiger partial charge in [0, 0.05) is 56.1 Å². The number of hydrogen-bond donors (Lipinski definition) is 2. The average molecular weight is 484 g/mol. The molecule has 0 aliphatic carbocycles. The second-order valence-corrected chi connectivity index (χ2v) is 9.09. The van der Waals surface area contributed by atoms with Gasteiger partial charge in [-0.2, -0.15) is 5.26 Å². The van der Waals surface area contributed by atoms with Crippen LogP contribution in [0.1, 0.15) is 33.6 Å². The van der Waals surface area contributed by atoms with Gasteiger partial charge in [-0.25, -0.2) is 9.37 Å². The van der Waals surface area contributed by atoms with Gasteiger partial charge >= 0.3 is 0 Å². The Labute approximate surface area is 208 Å². The monoisotopic (exact) mass is 483 g/mol. The van der Waals surface area contributed by atoms with Gasteiger partial charge in [0.1, 0.15) is 17.6 Å². The Balaban J connectivity index is 1.16. The van der Waals surface area contributed by atoms with Crippen molar-refractivity contribution in [2.45, 2.75) is 25.4 Å². The number of nitriles is 1. The molecule has 0 saturated carbocycles. The van der Waals surface area contributed by atoms with Crippen LogP contribution in [0, 0.1) is 17.1 Å². The minimum Gasteiger partial charge on any atom is -0.508 e.